The molecule has 0 bridgehead atoms. The van der Waals surface area contributed by atoms with Crippen LogP contribution < -0.4 is 21.4 Å². The zero-order chi connectivity index (χ0) is 28.3. The monoisotopic (exact) mass is 544 g/mol. The van der Waals surface area contributed by atoms with Gasteiger partial charge in [0.2, 0.25) is 11.8 Å². The molecule has 1 aliphatic carbocycles. The van der Waals surface area contributed by atoms with Crippen LogP contribution in [0, 0.1) is 12.1 Å². The fraction of sp³-hybridized carbons (Fsp3) is 0.452. The van der Waals surface area contributed by atoms with Crippen molar-refractivity contribution in [2.75, 3.05) is 13.1 Å². The highest BCUT2D eigenvalue weighted by atomic mass is 16.5. The van der Waals surface area contributed by atoms with Gasteiger partial charge in [-0.25, -0.2) is 5.48 Å². The molecule has 0 saturated carbocycles. The number of nitrogens with one attached hydrogen (secondary N) is 3. The molecule has 40 heavy (non-hydrogen) atoms. The number of rotatable bonds is 15. The van der Waals surface area contributed by atoms with E-state index in [-0.39, 0.29) is 24.3 Å². The zero-order valence-electron chi connectivity index (χ0n) is 22.6. The fourth-order valence-electron chi connectivity index (χ4n) is 5.48. The van der Waals surface area contributed by atoms with Crippen LogP contribution >= 0.6 is 0 Å². The number of fused-ring (bicyclic) bond motifs is 3. The number of hydroxylamine groups is 1. The van der Waals surface area contributed by atoms with E-state index in [1.165, 1.54) is 5.56 Å². The second-order valence-corrected chi connectivity index (χ2v) is 10.2. The predicted molar refractivity (Wildman–Crippen MR) is 148 cm³/mol. The molecule has 1 aromatic carbocycles. The SMILES string of the molecule is O=C(CCCCCCC(=O)N1CCc2c([nH]c3c2=CC=C=C=3)C1CCCCN[C@H](C(=O)O)c1c#cccc1)NO. The lowest BCUT2D eigenvalue weighted by Gasteiger charge is -2.36. The molecule has 9 nitrogen and oxygen atoms in total. The number of carboxylic acid groups (broad SMARTS) is 1. The van der Waals surface area contributed by atoms with E-state index in [0.717, 1.165) is 61.2 Å². The molecule has 0 radical (unpaired) electrons. The van der Waals surface area contributed by atoms with Gasteiger partial charge >= 0.3 is 5.97 Å². The number of nitrogens with zero attached hydrogens (tertiary/aromatic N) is 1. The van der Waals surface area contributed by atoms with Gasteiger partial charge in [-0.05, 0) is 80.6 Å². The Kier molecular flexibility index (Phi) is 10.4. The molecular weight excluding hydrogens is 508 g/mol. The highest BCUT2D eigenvalue weighted by Crippen LogP contribution is 2.31. The minimum absolute atomic E-state index is 0.0855. The summed E-state index contributed by atoms with van der Waals surface area (Å²) >= 11 is 0. The highest BCUT2D eigenvalue weighted by Gasteiger charge is 2.32. The average Bonchev–Trinajstić information content (AvgIpc) is 3.35. The Labute approximate surface area is 233 Å². The van der Waals surface area contributed by atoms with Gasteiger partial charge in [-0.15, -0.1) is 0 Å². The molecule has 2 atom stereocenters. The molecule has 1 unspecified atom stereocenters. The number of hydrogen-bond donors (Lipinski definition) is 5. The topological polar surface area (TPSA) is 135 Å². The number of aromatic amines is 1. The standard InChI is InChI=1S/C31H36N4O5/c36-27(34-40)17-6-1-2-7-18-28(37)35-21-19-24-23-14-8-9-15-25(23)33-30(24)26(35)16-10-11-20-32-29(31(38)39)22-12-4-3-5-13-22/h3-4,8,12,14,26,29,32-33,40H,1-2,6-7,10-11,16-21H2,(H,34,36)(H,38,39)/t26?,29-/m0/s1. The summed E-state index contributed by atoms with van der Waals surface area (Å²) in [7, 11) is 0. The first-order chi connectivity index (χ1) is 19.5. The Bertz CT molecular complexity index is 1390. The zero-order valence-corrected chi connectivity index (χ0v) is 22.6. The van der Waals surface area contributed by atoms with E-state index in [0.29, 0.717) is 31.5 Å². The van der Waals surface area contributed by atoms with Gasteiger partial charge in [-0.1, -0.05) is 36.8 Å². The van der Waals surface area contributed by atoms with E-state index in [9.17, 15) is 19.5 Å². The first-order valence-corrected chi connectivity index (χ1v) is 14.0. The molecule has 0 saturated heterocycles. The normalized spacial score (nSPS) is 15.7. The van der Waals surface area contributed by atoms with Gasteiger partial charge in [0.15, 0.2) is 0 Å². The molecule has 0 fully saturated rings. The molecule has 210 valence electrons. The Morgan fingerprint density at radius 1 is 1.12 bits per heavy atom. The molecule has 5 N–H and O–H groups in total. The van der Waals surface area contributed by atoms with Gasteiger partial charge in [-0.3, -0.25) is 19.6 Å². The van der Waals surface area contributed by atoms with Crippen LogP contribution in [-0.2, 0) is 20.8 Å². The van der Waals surface area contributed by atoms with E-state index in [1.54, 1.807) is 23.7 Å². The van der Waals surface area contributed by atoms with Gasteiger partial charge in [-0.2, -0.15) is 0 Å². The summed E-state index contributed by atoms with van der Waals surface area (Å²) in [6, 6.07) is 9.92. The summed E-state index contributed by atoms with van der Waals surface area (Å²) < 4.78 is 0. The summed E-state index contributed by atoms with van der Waals surface area (Å²) in [5.41, 5.74) is 10.6. The number of aromatic nitrogens is 1. The quantitative estimate of drug-likeness (QED) is 0.101. The number of aliphatic carboxylic acids is 1. The number of amides is 2. The summed E-state index contributed by atoms with van der Waals surface area (Å²) in [6.07, 6.45) is 10.8. The van der Waals surface area contributed by atoms with Gasteiger partial charge in [0.05, 0.1) is 11.4 Å². The van der Waals surface area contributed by atoms with Crippen LogP contribution in [0.1, 0.15) is 86.7 Å². The van der Waals surface area contributed by atoms with Crippen molar-refractivity contribution in [1.29, 1.82) is 0 Å². The Morgan fingerprint density at radius 3 is 2.70 bits per heavy atom. The van der Waals surface area contributed by atoms with Crippen molar-refractivity contribution < 1.29 is 24.7 Å². The van der Waals surface area contributed by atoms with E-state index in [2.05, 4.69) is 33.9 Å². The molecule has 1 aliphatic heterocycles. The summed E-state index contributed by atoms with van der Waals surface area (Å²) in [6.45, 7) is 1.18. The molecule has 4 rings (SSSR count). The molecule has 2 heterocycles. The molecule has 2 aromatic rings. The smallest absolute Gasteiger partial charge is 0.326 e. The number of H-pyrrole nitrogens is 1. The third-order valence-corrected chi connectivity index (χ3v) is 7.49. The highest BCUT2D eigenvalue weighted by molar-refractivity contribution is 5.77. The third-order valence-electron chi connectivity index (χ3n) is 7.49. The number of carbonyl (C=O) groups is 3. The van der Waals surface area contributed by atoms with Crippen molar-refractivity contribution in [2.24, 2.45) is 0 Å². The van der Waals surface area contributed by atoms with Crippen molar-refractivity contribution in [3.05, 3.63) is 69.5 Å². The minimum Gasteiger partial charge on any atom is -0.480 e. The third kappa shape index (κ3) is 7.32. The first kappa shape index (κ1) is 28.9. The van der Waals surface area contributed by atoms with Crippen molar-refractivity contribution >= 4 is 29.6 Å². The lowest BCUT2D eigenvalue weighted by molar-refractivity contribution is -0.139. The van der Waals surface area contributed by atoms with Crippen LogP contribution in [0.5, 0.6) is 0 Å². The lowest BCUT2D eigenvalue weighted by atomic mass is 9.93. The Balaban J connectivity index is 1.36. The van der Waals surface area contributed by atoms with E-state index in [1.807, 2.05) is 17.1 Å². The van der Waals surface area contributed by atoms with Crippen molar-refractivity contribution in [1.82, 2.24) is 20.7 Å². The van der Waals surface area contributed by atoms with Crippen LogP contribution in [0.3, 0.4) is 0 Å². The maximum Gasteiger partial charge on any atom is 0.326 e. The lowest BCUT2D eigenvalue weighted by Crippen LogP contribution is -2.41. The maximum absolute atomic E-state index is 13.3. The number of carbonyl (C=O) groups excluding carboxylic acids is 2. The number of carboxylic acids is 1. The second-order valence-electron chi connectivity index (χ2n) is 10.2. The molecule has 2 aliphatic rings. The Morgan fingerprint density at radius 2 is 1.95 bits per heavy atom. The number of allylic oxidation sites excluding steroid dienone is 1. The van der Waals surface area contributed by atoms with E-state index < -0.39 is 12.0 Å². The Hall–Kier alpha value is -4.05. The molecule has 9 heteroatoms. The summed E-state index contributed by atoms with van der Waals surface area (Å²) in [5, 5.41) is 23.4. The number of hydrogen-bond acceptors (Lipinski definition) is 5. The van der Waals surface area contributed by atoms with Crippen LogP contribution in [0.15, 0.2) is 30.0 Å². The van der Waals surface area contributed by atoms with Crippen LogP contribution in [0.2, 0.25) is 0 Å². The van der Waals surface area contributed by atoms with Crippen LogP contribution in [0.25, 0.3) is 11.8 Å². The van der Waals surface area contributed by atoms with Crippen molar-refractivity contribution in [3.63, 3.8) is 0 Å². The van der Waals surface area contributed by atoms with E-state index in [4.69, 9.17) is 5.21 Å². The van der Waals surface area contributed by atoms with Crippen molar-refractivity contribution in [2.45, 2.75) is 76.3 Å². The largest absolute Gasteiger partial charge is 0.480 e. The average molecular weight is 545 g/mol. The molecular formula is C31H36N4O5. The molecule has 0 spiro atoms. The minimum atomic E-state index is -0.952. The fourth-order valence-corrected chi connectivity index (χ4v) is 5.48. The molecule has 2 amide bonds. The van der Waals surface area contributed by atoms with Crippen molar-refractivity contribution in [3.8, 4) is 0 Å². The summed E-state index contributed by atoms with van der Waals surface area (Å²) in [4.78, 5) is 41.8. The summed E-state index contributed by atoms with van der Waals surface area (Å²) in [5.74, 6) is -1.22. The number of unbranched alkanes of at least 4 members (excludes halogenated alkanes) is 4. The van der Waals surface area contributed by atoms with Gasteiger partial charge in [0.25, 0.3) is 0 Å². The molecule has 1 aromatic heterocycles. The van der Waals surface area contributed by atoms with Crippen LogP contribution in [0.4, 0.5) is 0 Å². The van der Waals surface area contributed by atoms with Gasteiger partial charge < -0.3 is 20.3 Å². The first-order valence-electron chi connectivity index (χ1n) is 14.0. The second kappa shape index (κ2) is 14.4. The van der Waals surface area contributed by atoms with Gasteiger partial charge in [0, 0.05) is 35.9 Å². The van der Waals surface area contributed by atoms with Crippen LogP contribution in [-0.4, -0.2) is 51.1 Å². The van der Waals surface area contributed by atoms with E-state index >= 15 is 0 Å². The maximum atomic E-state index is 13.3. The predicted octanol–water partition coefficient (Wildman–Crippen LogP) is 2.36. The van der Waals surface area contributed by atoms with Gasteiger partial charge in [0.1, 0.15) is 6.04 Å².